The largest absolute Gasteiger partial charge is 0.493 e. The van der Waals surface area contributed by atoms with E-state index in [0.717, 1.165) is 0 Å². The first-order valence-electron chi connectivity index (χ1n) is 7.46. The van der Waals surface area contributed by atoms with E-state index < -0.39 is 9.05 Å². The first-order chi connectivity index (χ1) is 12.3. The van der Waals surface area contributed by atoms with Crippen LogP contribution in [0.25, 0.3) is 22.8 Å². The van der Waals surface area contributed by atoms with Crippen LogP contribution < -0.4 is 9.47 Å². The third kappa shape index (κ3) is 3.15. The highest BCUT2D eigenvalue weighted by atomic mass is 35.7. The summed E-state index contributed by atoms with van der Waals surface area (Å²) in [7, 11) is 4.63. The average molecular weight is 398 g/mol. The molecule has 10 heteroatoms. The van der Waals surface area contributed by atoms with E-state index in [-0.39, 0.29) is 22.2 Å². The minimum absolute atomic E-state index is 0.0517. The molecule has 0 aliphatic rings. The van der Waals surface area contributed by atoms with E-state index in [2.05, 4.69) is 15.1 Å². The minimum Gasteiger partial charge on any atom is -0.493 e. The number of aromatic nitrogens is 3. The van der Waals surface area contributed by atoms with E-state index in [1.807, 2.05) is 0 Å². The van der Waals surface area contributed by atoms with Crippen LogP contribution in [0.15, 0.2) is 27.6 Å². The summed E-state index contributed by atoms with van der Waals surface area (Å²) in [5.74, 6) is 1.40. The van der Waals surface area contributed by atoms with E-state index in [1.165, 1.54) is 14.2 Å². The van der Waals surface area contributed by atoms with Gasteiger partial charge in [0.1, 0.15) is 4.90 Å². The van der Waals surface area contributed by atoms with E-state index in [4.69, 9.17) is 24.7 Å². The average Bonchev–Trinajstić information content (AvgIpc) is 3.17. The quantitative estimate of drug-likeness (QED) is 0.658. The van der Waals surface area contributed by atoms with Crippen molar-refractivity contribution in [3.8, 4) is 34.3 Å². The molecule has 0 saturated heterocycles. The summed E-state index contributed by atoms with van der Waals surface area (Å²) in [5.41, 5.74) is 1.84. The number of H-pyrrole nitrogens is 1. The van der Waals surface area contributed by atoms with Crippen LogP contribution in [0.1, 0.15) is 11.4 Å². The van der Waals surface area contributed by atoms with Crippen molar-refractivity contribution in [1.82, 2.24) is 15.1 Å². The van der Waals surface area contributed by atoms with Crippen molar-refractivity contribution < 1.29 is 22.4 Å². The standard InChI is InChI=1S/C16H16ClN3O5S/c1-8-13(14(9(2)18-8)26(17,21)22)16-19-15(20-25-16)10-5-6-11(23-3)12(7-10)24-4/h5-7,18H,1-4H3. The van der Waals surface area contributed by atoms with Crippen molar-refractivity contribution in [2.45, 2.75) is 18.7 Å². The fourth-order valence-corrected chi connectivity index (χ4v) is 4.22. The van der Waals surface area contributed by atoms with Gasteiger partial charge >= 0.3 is 0 Å². The van der Waals surface area contributed by atoms with Gasteiger partial charge in [-0.15, -0.1) is 0 Å². The summed E-state index contributed by atoms with van der Waals surface area (Å²) in [5, 5.41) is 3.93. The molecule has 0 aliphatic heterocycles. The Bertz CT molecular complexity index is 1070. The first-order valence-corrected chi connectivity index (χ1v) is 9.77. The van der Waals surface area contributed by atoms with Crippen molar-refractivity contribution in [3.63, 3.8) is 0 Å². The molecular weight excluding hydrogens is 382 g/mol. The van der Waals surface area contributed by atoms with Crippen molar-refractivity contribution in [2.24, 2.45) is 0 Å². The predicted molar refractivity (Wildman–Crippen MR) is 95.1 cm³/mol. The lowest BCUT2D eigenvalue weighted by Crippen LogP contribution is -1.95. The monoisotopic (exact) mass is 397 g/mol. The Kier molecular flexibility index (Phi) is 4.68. The second kappa shape index (κ2) is 6.65. The fourth-order valence-electron chi connectivity index (χ4n) is 2.74. The van der Waals surface area contributed by atoms with Gasteiger partial charge in [0.15, 0.2) is 11.5 Å². The minimum atomic E-state index is -3.99. The number of rotatable bonds is 5. The van der Waals surface area contributed by atoms with Crippen molar-refractivity contribution in [2.75, 3.05) is 14.2 Å². The number of halogens is 1. The van der Waals surface area contributed by atoms with Gasteiger partial charge in [0, 0.05) is 27.6 Å². The molecule has 8 nitrogen and oxygen atoms in total. The molecule has 3 aromatic rings. The van der Waals surface area contributed by atoms with E-state index in [0.29, 0.717) is 28.5 Å². The SMILES string of the molecule is COc1ccc(-c2noc(-c3c(C)[nH]c(C)c3S(=O)(=O)Cl)n2)cc1OC. The topological polar surface area (TPSA) is 107 Å². The van der Waals surface area contributed by atoms with Gasteiger partial charge in [0.2, 0.25) is 5.82 Å². The summed E-state index contributed by atoms with van der Waals surface area (Å²) in [6.45, 7) is 3.31. The van der Waals surface area contributed by atoms with Crippen LogP contribution in [0.4, 0.5) is 0 Å². The van der Waals surface area contributed by atoms with E-state index in [9.17, 15) is 8.42 Å². The van der Waals surface area contributed by atoms with Crippen LogP contribution in [0.3, 0.4) is 0 Å². The molecule has 26 heavy (non-hydrogen) atoms. The van der Waals surface area contributed by atoms with Crippen LogP contribution in [-0.4, -0.2) is 37.8 Å². The van der Waals surface area contributed by atoms with Crippen LogP contribution >= 0.6 is 10.7 Å². The molecule has 0 saturated carbocycles. The molecule has 1 N–H and O–H groups in total. The predicted octanol–water partition coefficient (Wildman–Crippen LogP) is 3.29. The normalized spacial score (nSPS) is 11.6. The number of nitrogens with zero attached hydrogens (tertiary/aromatic N) is 2. The van der Waals surface area contributed by atoms with Crippen molar-refractivity contribution in [1.29, 1.82) is 0 Å². The highest BCUT2D eigenvalue weighted by Gasteiger charge is 2.28. The van der Waals surface area contributed by atoms with Gasteiger partial charge in [0.05, 0.1) is 19.8 Å². The Morgan fingerprint density at radius 3 is 2.42 bits per heavy atom. The summed E-state index contributed by atoms with van der Waals surface area (Å²) < 4.78 is 39.6. The zero-order chi connectivity index (χ0) is 19.1. The van der Waals surface area contributed by atoms with Crippen LogP contribution in [0, 0.1) is 13.8 Å². The molecular formula is C16H16ClN3O5S. The molecule has 2 heterocycles. The summed E-state index contributed by atoms with van der Waals surface area (Å²) in [6, 6.07) is 5.15. The molecule has 0 spiro atoms. The van der Waals surface area contributed by atoms with Gasteiger partial charge in [-0.05, 0) is 32.0 Å². The highest BCUT2D eigenvalue weighted by molar-refractivity contribution is 8.13. The van der Waals surface area contributed by atoms with Crippen molar-refractivity contribution >= 4 is 19.7 Å². The molecule has 1 aromatic carbocycles. The number of methoxy groups -OCH3 is 2. The zero-order valence-corrected chi connectivity index (χ0v) is 16.0. The molecule has 0 unspecified atom stereocenters. The van der Waals surface area contributed by atoms with Crippen molar-refractivity contribution in [3.05, 3.63) is 29.6 Å². The Morgan fingerprint density at radius 1 is 1.12 bits per heavy atom. The smallest absolute Gasteiger partial charge is 0.263 e. The molecule has 0 radical (unpaired) electrons. The van der Waals surface area contributed by atoms with Crippen LogP contribution in [0.2, 0.25) is 0 Å². The second-order valence-electron chi connectivity index (χ2n) is 5.51. The Morgan fingerprint density at radius 2 is 1.81 bits per heavy atom. The lowest BCUT2D eigenvalue weighted by molar-refractivity contribution is 0.355. The van der Waals surface area contributed by atoms with Gasteiger partial charge in [-0.1, -0.05) is 5.16 Å². The fraction of sp³-hybridized carbons (Fsp3) is 0.250. The van der Waals surface area contributed by atoms with Gasteiger partial charge < -0.3 is 19.0 Å². The maximum Gasteiger partial charge on any atom is 0.263 e. The Balaban J connectivity index is 2.10. The Labute approximate surface area is 154 Å². The lowest BCUT2D eigenvalue weighted by atomic mass is 10.2. The third-order valence-electron chi connectivity index (χ3n) is 3.84. The molecule has 0 aliphatic carbocycles. The molecule has 0 bridgehead atoms. The first kappa shape index (κ1) is 18.3. The molecule has 0 amide bonds. The van der Waals surface area contributed by atoms with Gasteiger partial charge in [0.25, 0.3) is 14.9 Å². The molecule has 3 rings (SSSR count). The molecule has 0 atom stereocenters. The third-order valence-corrected chi connectivity index (χ3v) is 5.30. The number of aromatic amines is 1. The van der Waals surface area contributed by atoms with E-state index in [1.54, 1.807) is 32.0 Å². The van der Waals surface area contributed by atoms with E-state index >= 15 is 0 Å². The van der Waals surface area contributed by atoms with Gasteiger partial charge in [-0.3, -0.25) is 0 Å². The molecule has 0 fully saturated rings. The van der Waals surface area contributed by atoms with Crippen LogP contribution in [-0.2, 0) is 9.05 Å². The van der Waals surface area contributed by atoms with Crippen LogP contribution in [0.5, 0.6) is 11.5 Å². The maximum atomic E-state index is 11.9. The number of benzene rings is 1. The number of hydrogen-bond donors (Lipinski definition) is 1. The number of ether oxygens (including phenoxy) is 2. The summed E-state index contributed by atoms with van der Waals surface area (Å²) >= 11 is 0. The second-order valence-corrected chi connectivity index (χ2v) is 8.01. The maximum absolute atomic E-state index is 11.9. The number of nitrogens with one attached hydrogen (secondary N) is 1. The lowest BCUT2D eigenvalue weighted by Gasteiger charge is -2.07. The number of hydrogen-bond acceptors (Lipinski definition) is 7. The zero-order valence-electron chi connectivity index (χ0n) is 14.5. The Hall–Kier alpha value is -2.52. The molecule has 2 aromatic heterocycles. The summed E-state index contributed by atoms with van der Waals surface area (Å²) in [4.78, 5) is 7.18. The van der Waals surface area contributed by atoms with Gasteiger partial charge in [-0.2, -0.15) is 4.98 Å². The highest BCUT2D eigenvalue weighted by Crippen LogP contribution is 2.36. The van der Waals surface area contributed by atoms with Gasteiger partial charge in [-0.25, -0.2) is 8.42 Å². The molecule has 138 valence electrons. The summed E-state index contributed by atoms with van der Waals surface area (Å²) in [6.07, 6.45) is 0. The number of aryl methyl sites for hydroxylation is 2.